The molecule has 2 unspecified atom stereocenters. The minimum atomic E-state index is -0.536. The number of Topliss-reactive ketones (excluding diaryl/α,β-unsaturated/α-hetero) is 1. The Labute approximate surface area is 159 Å². The smallest absolute Gasteiger partial charge is 0.265 e. The van der Waals surface area contributed by atoms with E-state index in [0.29, 0.717) is 49.5 Å². The molecule has 0 radical (unpaired) electrons. The predicted octanol–water partition coefficient (Wildman–Crippen LogP) is 1.68. The second kappa shape index (κ2) is 8.08. The summed E-state index contributed by atoms with van der Waals surface area (Å²) in [5.41, 5.74) is 1.11. The lowest BCUT2D eigenvalue weighted by Gasteiger charge is -2.33. The van der Waals surface area contributed by atoms with E-state index in [9.17, 15) is 14.4 Å². The first kappa shape index (κ1) is 19.4. The van der Waals surface area contributed by atoms with E-state index in [0.717, 1.165) is 0 Å². The van der Waals surface area contributed by atoms with Gasteiger partial charge >= 0.3 is 0 Å². The third kappa shape index (κ3) is 4.13. The van der Waals surface area contributed by atoms with Crippen LogP contribution in [0, 0.1) is 11.8 Å². The fraction of sp³-hybridized carbons (Fsp3) is 0.550. The minimum Gasteiger partial charge on any atom is -0.479 e. The number of piperidine rings is 1. The van der Waals surface area contributed by atoms with Crippen molar-refractivity contribution in [3.63, 3.8) is 0 Å². The van der Waals surface area contributed by atoms with E-state index in [1.807, 2.05) is 18.9 Å². The number of benzene rings is 1. The fourth-order valence-electron chi connectivity index (χ4n) is 3.66. The second-order valence-electron chi connectivity index (χ2n) is 7.38. The van der Waals surface area contributed by atoms with Gasteiger partial charge in [-0.15, -0.1) is 0 Å². The number of hydrogen-bond acceptors (Lipinski definition) is 5. The van der Waals surface area contributed by atoms with Crippen LogP contribution in [0.2, 0.25) is 0 Å². The number of ketones is 1. The minimum absolute atomic E-state index is 0.0565. The number of hydrogen-bond donors (Lipinski definition) is 2. The van der Waals surface area contributed by atoms with Gasteiger partial charge in [0, 0.05) is 37.0 Å². The molecule has 2 N–H and O–H groups in total. The maximum atomic E-state index is 12.9. The summed E-state index contributed by atoms with van der Waals surface area (Å²) >= 11 is 0. The molecule has 146 valence electrons. The summed E-state index contributed by atoms with van der Waals surface area (Å²) < 4.78 is 5.53. The molecule has 2 aliphatic heterocycles. The first-order valence-electron chi connectivity index (χ1n) is 9.50. The van der Waals surface area contributed by atoms with Crippen LogP contribution < -0.4 is 15.4 Å². The lowest BCUT2D eigenvalue weighted by Crippen LogP contribution is -2.44. The molecule has 1 fully saturated rings. The van der Waals surface area contributed by atoms with Crippen molar-refractivity contribution in [1.29, 1.82) is 0 Å². The molecule has 2 atom stereocenters. The third-order valence-corrected chi connectivity index (χ3v) is 5.30. The van der Waals surface area contributed by atoms with Gasteiger partial charge < -0.3 is 20.3 Å². The molecule has 1 aromatic rings. The van der Waals surface area contributed by atoms with Crippen molar-refractivity contribution in [2.24, 2.45) is 11.8 Å². The van der Waals surface area contributed by atoms with Crippen LogP contribution in [0.4, 0.5) is 5.69 Å². The highest BCUT2D eigenvalue weighted by Crippen LogP contribution is 2.32. The first-order chi connectivity index (χ1) is 12.9. The number of nitrogens with one attached hydrogen (secondary N) is 2. The highest BCUT2D eigenvalue weighted by molar-refractivity contribution is 6.02. The summed E-state index contributed by atoms with van der Waals surface area (Å²) in [5, 5.41) is 5.80. The lowest BCUT2D eigenvalue weighted by molar-refractivity contribution is -0.136. The Bertz CT molecular complexity index is 741. The van der Waals surface area contributed by atoms with E-state index < -0.39 is 6.10 Å². The van der Waals surface area contributed by atoms with Crippen LogP contribution in [0.5, 0.6) is 5.75 Å². The Kier molecular flexibility index (Phi) is 5.79. The van der Waals surface area contributed by atoms with Gasteiger partial charge in [-0.25, -0.2) is 0 Å². The topological polar surface area (TPSA) is 87.7 Å². The summed E-state index contributed by atoms with van der Waals surface area (Å²) in [4.78, 5) is 38.9. The molecule has 0 bridgehead atoms. The van der Waals surface area contributed by atoms with Crippen molar-refractivity contribution in [3.8, 4) is 5.75 Å². The van der Waals surface area contributed by atoms with E-state index >= 15 is 0 Å². The number of nitrogens with zero attached hydrogens (tertiary/aromatic N) is 1. The van der Waals surface area contributed by atoms with Crippen molar-refractivity contribution < 1.29 is 19.1 Å². The summed E-state index contributed by atoms with van der Waals surface area (Å²) in [6.45, 7) is 5.46. The largest absolute Gasteiger partial charge is 0.479 e. The van der Waals surface area contributed by atoms with Gasteiger partial charge in [0.25, 0.3) is 5.91 Å². The monoisotopic (exact) mass is 373 g/mol. The Hall–Kier alpha value is -2.41. The predicted molar refractivity (Wildman–Crippen MR) is 102 cm³/mol. The maximum absolute atomic E-state index is 12.9. The Balaban J connectivity index is 1.62. The third-order valence-electron chi connectivity index (χ3n) is 5.30. The van der Waals surface area contributed by atoms with Crippen molar-refractivity contribution >= 4 is 23.3 Å². The average molecular weight is 373 g/mol. The molecule has 2 heterocycles. The van der Waals surface area contributed by atoms with Crippen LogP contribution in [0.3, 0.4) is 0 Å². The second-order valence-corrected chi connectivity index (χ2v) is 7.38. The van der Waals surface area contributed by atoms with E-state index in [-0.39, 0.29) is 29.4 Å². The van der Waals surface area contributed by atoms with E-state index in [4.69, 9.17) is 4.74 Å². The lowest BCUT2D eigenvalue weighted by atomic mass is 9.88. The van der Waals surface area contributed by atoms with Gasteiger partial charge in [0.2, 0.25) is 5.91 Å². The number of carbonyl (C=O) groups excluding carboxylic acids is 3. The molecular formula is C20H27N3O4. The molecule has 3 rings (SSSR count). The van der Waals surface area contributed by atoms with Crippen LogP contribution in [0.1, 0.15) is 37.0 Å². The molecule has 7 nitrogen and oxygen atoms in total. The molecule has 0 spiro atoms. The maximum Gasteiger partial charge on any atom is 0.265 e. The molecule has 0 saturated carbocycles. The van der Waals surface area contributed by atoms with Crippen molar-refractivity contribution in [3.05, 3.63) is 23.8 Å². The Morgan fingerprint density at radius 2 is 2.04 bits per heavy atom. The van der Waals surface area contributed by atoms with Crippen molar-refractivity contribution in [2.75, 3.05) is 32.0 Å². The SMILES string of the molecule is CNCC(C)C(=O)N1CCC(C(=O)c2ccc3c(c2)NC(=O)C(C)O3)CC1. The van der Waals surface area contributed by atoms with E-state index in [1.54, 1.807) is 25.1 Å². The summed E-state index contributed by atoms with van der Waals surface area (Å²) in [6.07, 6.45) is 0.785. The van der Waals surface area contributed by atoms with Gasteiger partial charge in [-0.3, -0.25) is 14.4 Å². The van der Waals surface area contributed by atoms with Gasteiger partial charge in [-0.05, 0) is 45.0 Å². The van der Waals surface area contributed by atoms with Gasteiger partial charge in [0.1, 0.15) is 5.75 Å². The zero-order valence-electron chi connectivity index (χ0n) is 16.1. The number of rotatable bonds is 5. The highest BCUT2D eigenvalue weighted by atomic mass is 16.5. The van der Waals surface area contributed by atoms with Crippen LogP contribution in [0.25, 0.3) is 0 Å². The quantitative estimate of drug-likeness (QED) is 0.767. The molecule has 0 aliphatic carbocycles. The van der Waals surface area contributed by atoms with Crippen LogP contribution in [0.15, 0.2) is 18.2 Å². The van der Waals surface area contributed by atoms with Crippen molar-refractivity contribution in [2.45, 2.75) is 32.8 Å². The molecular weight excluding hydrogens is 346 g/mol. The fourth-order valence-corrected chi connectivity index (χ4v) is 3.66. The number of likely N-dealkylation sites (tertiary alicyclic amines) is 1. The standard InChI is InChI=1S/C20H27N3O4/c1-12(11-21-3)20(26)23-8-6-14(7-9-23)18(24)15-4-5-17-16(10-15)22-19(25)13(2)27-17/h4-5,10,12-14,21H,6-9,11H2,1-3H3,(H,22,25). The van der Waals surface area contributed by atoms with Crippen LogP contribution in [-0.2, 0) is 9.59 Å². The van der Waals surface area contributed by atoms with Crippen LogP contribution in [-0.4, -0.2) is 55.3 Å². The number of ether oxygens (including phenoxy) is 1. The van der Waals surface area contributed by atoms with Gasteiger partial charge in [-0.1, -0.05) is 6.92 Å². The number of amides is 2. The average Bonchev–Trinajstić information content (AvgIpc) is 2.67. The molecule has 7 heteroatoms. The molecule has 1 saturated heterocycles. The number of anilines is 1. The zero-order valence-corrected chi connectivity index (χ0v) is 16.1. The van der Waals surface area contributed by atoms with E-state index in [1.165, 1.54) is 0 Å². The first-order valence-corrected chi connectivity index (χ1v) is 9.50. The van der Waals surface area contributed by atoms with Crippen molar-refractivity contribution in [1.82, 2.24) is 10.2 Å². The molecule has 2 aliphatic rings. The molecule has 0 aromatic heterocycles. The molecule has 27 heavy (non-hydrogen) atoms. The van der Waals surface area contributed by atoms with Gasteiger partial charge in [0.05, 0.1) is 5.69 Å². The summed E-state index contributed by atoms with van der Waals surface area (Å²) in [5.74, 6) is 0.394. The number of fused-ring (bicyclic) bond motifs is 1. The Morgan fingerprint density at radius 1 is 1.33 bits per heavy atom. The summed E-state index contributed by atoms with van der Waals surface area (Å²) in [6, 6.07) is 5.17. The molecule has 2 amide bonds. The van der Waals surface area contributed by atoms with Gasteiger partial charge in [0.15, 0.2) is 11.9 Å². The van der Waals surface area contributed by atoms with E-state index in [2.05, 4.69) is 10.6 Å². The highest BCUT2D eigenvalue weighted by Gasteiger charge is 2.31. The number of carbonyl (C=O) groups is 3. The van der Waals surface area contributed by atoms with Gasteiger partial charge in [-0.2, -0.15) is 0 Å². The zero-order chi connectivity index (χ0) is 19.6. The van der Waals surface area contributed by atoms with Crippen LogP contribution >= 0.6 is 0 Å². The molecule has 1 aromatic carbocycles. The normalized spacial score (nSPS) is 21.1. The Morgan fingerprint density at radius 3 is 2.70 bits per heavy atom. The summed E-state index contributed by atoms with van der Waals surface area (Å²) in [7, 11) is 1.83.